The minimum absolute atomic E-state index is 0.533. The van der Waals surface area contributed by atoms with E-state index in [1.54, 1.807) is 0 Å². The Morgan fingerprint density at radius 2 is 1.61 bits per heavy atom. The molecule has 0 aromatic heterocycles. The fourth-order valence-corrected chi connectivity index (χ4v) is 2.97. The summed E-state index contributed by atoms with van der Waals surface area (Å²) in [4.78, 5) is 0. The Bertz CT molecular complexity index is 671. The molecule has 0 nitrogen and oxygen atoms in total. The molecule has 1 unspecified atom stereocenters. The van der Waals surface area contributed by atoms with E-state index < -0.39 is 0 Å². The van der Waals surface area contributed by atoms with Gasteiger partial charge in [-0.15, -0.1) is 0 Å². The first-order valence-corrected chi connectivity index (χ1v) is 6.55. The molecule has 3 rings (SSSR count). The molecule has 0 amide bonds. The van der Waals surface area contributed by atoms with Gasteiger partial charge in [0.2, 0.25) is 0 Å². The van der Waals surface area contributed by atoms with Gasteiger partial charge in [0.15, 0.2) is 0 Å². The first kappa shape index (κ1) is 11.3. The summed E-state index contributed by atoms with van der Waals surface area (Å²) in [5, 5.41) is 2.64. The highest BCUT2D eigenvalue weighted by molar-refractivity contribution is 5.88. The van der Waals surface area contributed by atoms with Gasteiger partial charge in [0.05, 0.1) is 0 Å². The van der Waals surface area contributed by atoms with Crippen molar-refractivity contribution in [2.24, 2.45) is 5.92 Å². The molecule has 0 aliphatic heterocycles. The van der Waals surface area contributed by atoms with Crippen molar-refractivity contribution in [2.75, 3.05) is 0 Å². The van der Waals surface area contributed by atoms with Crippen molar-refractivity contribution in [2.45, 2.75) is 20.8 Å². The summed E-state index contributed by atoms with van der Waals surface area (Å²) in [5.74, 6) is 0.533. The van der Waals surface area contributed by atoms with Crippen molar-refractivity contribution >= 4 is 16.3 Å². The van der Waals surface area contributed by atoms with E-state index in [1.165, 1.54) is 33.1 Å². The first-order chi connectivity index (χ1) is 8.66. The highest BCUT2D eigenvalue weighted by Crippen LogP contribution is 2.38. The molecule has 0 bridgehead atoms. The molecule has 0 radical (unpaired) electrons. The highest BCUT2D eigenvalue weighted by atomic mass is 14.2. The van der Waals surface area contributed by atoms with Gasteiger partial charge in [0, 0.05) is 5.92 Å². The molecule has 1 aliphatic rings. The predicted octanol–water partition coefficient (Wildman–Crippen LogP) is 5.21. The van der Waals surface area contributed by atoms with Crippen molar-refractivity contribution < 1.29 is 0 Å². The molecule has 0 spiro atoms. The smallest absolute Gasteiger partial charge is 0.000403 e. The second kappa shape index (κ2) is 4.13. The molecule has 0 saturated heterocycles. The van der Waals surface area contributed by atoms with Crippen LogP contribution in [0.1, 0.15) is 26.3 Å². The minimum Gasteiger partial charge on any atom is -0.0740 e. The van der Waals surface area contributed by atoms with E-state index >= 15 is 0 Å². The Kier molecular flexibility index (Phi) is 2.59. The lowest BCUT2D eigenvalue weighted by molar-refractivity contribution is 0.976. The van der Waals surface area contributed by atoms with Crippen LogP contribution in [-0.4, -0.2) is 0 Å². The Labute approximate surface area is 109 Å². The van der Waals surface area contributed by atoms with Crippen LogP contribution < -0.4 is 0 Å². The minimum atomic E-state index is 0.533. The first-order valence-electron chi connectivity index (χ1n) is 6.55. The maximum atomic E-state index is 2.36. The van der Waals surface area contributed by atoms with Crippen LogP contribution in [0.2, 0.25) is 0 Å². The summed E-state index contributed by atoms with van der Waals surface area (Å²) in [7, 11) is 0. The second-order valence-corrected chi connectivity index (χ2v) is 5.24. The Morgan fingerprint density at radius 1 is 0.889 bits per heavy atom. The van der Waals surface area contributed by atoms with Crippen molar-refractivity contribution in [3.8, 4) is 0 Å². The lowest BCUT2D eigenvalue weighted by Crippen LogP contribution is -1.93. The van der Waals surface area contributed by atoms with Crippen molar-refractivity contribution in [1.82, 2.24) is 0 Å². The van der Waals surface area contributed by atoms with E-state index in [9.17, 15) is 0 Å². The molecule has 1 atom stereocenters. The molecule has 0 heterocycles. The third kappa shape index (κ3) is 1.69. The van der Waals surface area contributed by atoms with Gasteiger partial charge in [0.1, 0.15) is 0 Å². The topological polar surface area (TPSA) is 0 Å². The van der Waals surface area contributed by atoms with Crippen LogP contribution in [0.25, 0.3) is 16.3 Å². The molecule has 90 valence electrons. The molecule has 0 saturated carbocycles. The van der Waals surface area contributed by atoms with Crippen LogP contribution in [-0.2, 0) is 0 Å². The van der Waals surface area contributed by atoms with Crippen LogP contribution in [0.4, 0.5) is 0 Å². The zero-order valence-corrected chi connectivity index (χ0v) is 11.2. The molecule has 0 fully saturated rings. The summed E-state index contributed by atoms with van der Waals surface area (Å²) in [6, 6.07) is 15.4. The SMILES string of the molecule is CC1=CC(C)C(c2ccc3ccccc3c2)=C1C. The van der Waals surface area contributed by atoms with E-state index in [2.05, 4.69) is 69.3 Å². The zero-order chi connectivity index (χ0) is 12.7. The maximum Gasteiger partial charge on any atom is 0.000403 e. The quantitative estimate of drug-likeness (QED) is 0.635. The Morgan fingerprint density at radius 3 is 2.28 bits per heavy atom. The third-order valence-corrected chi connectivity index (χ3v) is 4.01. The van der Waals surface area contributed by atoms with Crippen molar-refractivity contribution in [1.29, 1.82) is 0 Å². The molecule has 1 aliphatic carbocycles. The van der Waals surface area contributed by atoms with Gasteiger partial charge in [0.25, 0.3) is 0 Å². The van der Waals surface area contributed by atoms with Gasteiger partial charge in [-0.25, -0.2) is 0 Å². The predicted molar refractivity (Wildman–Crippen MR) is 79.5 cm³/mol. The second-order valence-electron chi connectivity index (χ2n) is 5.24. The average Bonchev–Trinajstić information content (AvgIpc) is 2.63. The van der Waals surface area contributed by atoms with Crippen molar-refractivity contribution in [3.05, 3.63) is 65.3 Å². The van der Waals surface area contributed by atoms with Crippen LogP contribution in [0, 0.1) is 5.92 Å². The largest absolute Gasteiger partial charge is 0.0740 e. The van der Waals surface area contributed by atoms with E-state index in [0.717, 1.165) is 0 Å². The van der Waals surface area contributed by atoms with Crippen LogP contribution in [0.15, 0.2) is 59.7 Å². The van der Waals surface area contributed by atoms with Gasteiger partial charge in [-0.05, 0) is 47.4 Å². The van der Waals surface area contributed by atoms with E-state index in [1.807, 2.05) is 0 Å². The molecule has 0 heteroatoms. The number of hydrogen-bond donors (Lipinski definition) is 0. The summed E-state index contributed by atoms with van der Waals surface area (Å²) < 4.78 is 0. The standard InChI is InChI=1S/C18H18/c1-12-10-13(2)18(14(12)3)17-9-8-15-6-4-5-7-16(15)11-17/h4-11,13H,1-3H3. The van der Waals surface area contributed by atoms with E-state index in [4.69, 9.17) is 0 Å². The van der Waals surface area contributed by atoms with Crippen LogP contribution in [0.5, 0.6) is 0 Å². The summed E-state index contributed by atoms with van der Waals surface area (Å²) in [5.41, 5.74) is 5.72. The van der Waals surface area contributed by atoms with E-state index in [-0.39, 0.29) is 0 Å². The number of fused-ring (bicyclic) bond motifs is 1. The normalized spacial score (nSPS) is 19.5. The fourth-order valence-electron chi connectivity index (χ4n) is 2.97. The lowest BCUT2D eigenvalue weighted by Gasteiger charge is -2.12. The van der Waals surface area contributed by atoms with E-state index in [0.29, 0.717) is 5.92 Å². The summed E-state index contributed by atoms with van der Waals surface area (Å²) in [6.07, 6.45) is 2.36. The number of hydrogen-bond acceptors (Lipinski definition) is 0. The molecular formula is C18H18. The molecule has 2 aromatic carbocycles. The van der Waals surface area contributed by atoms with Gasteiger partial charge in [-0.3, -0.25) is 0 Å². The van der Waals surface area contributed by atoms with Gasteiger partial charge >= 0.3 is 0 Å². The third-order valence-electron chi connectivity index (χ3n) is 4.01. The monoisotopic (exact) mass is 234 g/mol. The van der Waals surface area contributed by atoms with Crippen LogP contribution in [0.3, 0.4) is 0 Å². The lowest BCUT2D eigenvalue weighted by atomic mass is 9.93. The van der Waals surface area contributed by atoms with Gasteiger partial charge in [-0.2, -0.15) is 0 Å². The molecule has 18 heavy (non-hydrogen) atoms. The van der Waals surface area contributed by atoms with Crippen molar-refractivity contribution in [3.63, 3.8) is 0 Å². The molecular weight excluding hydrogens is 216 g/mol. The molecule has 0 N–H and O–H groups in total. The average molecular weight is 234 g/mol. The summed E-state index contributed by atoms with van der Waals surface area (Å²) >= 11 is 0. The Hall–Kier alpha value is -1.82. The Balaban J connectivity index is 2.16. The fraction of sp³-hybridized carbons (Fsp3) is 0.222. The van der Waals surface area contributed by atoms with Gasteiger partial charge < -0.3 is 0 Å². The number of rotatable bonds is 1. The number of allylic oxidation sites excluding steroid dienone is 4. The maximum absolute atomic E-state index is 2.36. The number of benzene rings is 2. The van der Waals surface area contributed by atoms with Gasteiger partial charge in [-0.1, -0.05) is 55.0 Å². The van der Waals surface area contributed by atoms with Crippen LogP contribution >= 0.6 is 0 Å². The molecule has 2 aromatic rings. The highest BCUT2D eigenvalue weighted by Gasteiger charge is 2.19. The zero-order valence-electron chi connectivity index (χ0n) is 11.2. The summed E-state index contributed by atoms with van der Waals surface area (Å²) in [6.45, 7) is 6.73.